The lowest BCUT2D eigenvalue weighted by molar-refractivity contribution is 0.000536. The molecule has 1 saturated heterocycles. The van der Waals surface area contributed by atoms with E-state index in [2.05, 4.69) is 15.4 Å². The zero-order chi connectivity index (χ0) is 15.6. The molecule has 1 aliphatic heterocycles. The van der Waals surface area contributed by atoms with E-state index in [1.54, 1.807) is 6.07 Å². The third kappa shape index (κ3) is 3.17. The van der Waals surface area contributed by atoms with Crippen LogP contribution in [-0.4, -0.2) is 29.9 Å². The molecule has 2 heterocycles. The highest BCUT2D eigenvalue weighted by Crippen LogP contribution is 2.27. The van der Waals surface area contributed by atoms with E-state index in [0.29, 0.717) is 23.2 Å². The van der Waals surface area contributed by atoms with Crippen LogP contribution in [0, 0.1) is 0 Å². The lowest BCUT2D eigenvalue weighted by Crippen LogP contribution is -2.37. The highest BCUT2D eigenvalue weighted by Gasteiger charge is 2.11. The first-order valence-electron chi connectivity index (χ1n) is 7.54. The van der Waals surface area contributed by atoms with Crippen molar-refractivity contribution in [3.63, 3.8) is 0 Å². The average molecular weight is 330 g/mol. The summed E-state index contributed by atoms with van der Waals surface area (Å²) in [6, 6.07) is 13.4. The van der Waals surface area contributed by atoms with Crippen LogP contribution in [0.2, 0.25) is 5.02 Å². The van der Waals surface area contributed by atoms with Crippen molar-refractivity contribution in [1.29, 1.82) is 0 Å². The number of benzene rings is 2. The van der Waals surface area contributed by atoms with Gasteiger partial charge in [0.05, 0.1) is 0 Å². The Hall–Kier alpha value is -2.08. The van der Waals surface area contributed by atoms with Gasteiger partial charge in [-0.15, -0.1) is 0 Å². The van der Waals surface area contributed by atoms with Crippen molar-refractivity contribution in [2.24, 2.45) is 0 Å². The Kier molecular flexibility index (Phi) is 3.91. The maximum absolute atomic E-state index is 5.98. The topological polar surface area (TPSA) is 50.5 Å². The highest BCUT2D eigenvalue weighted by atomic mass is 35.5. The molecule has 0 atom stereocenters. The first-order chi connectivity index (χ1) is 11.3. The van der Waals surface area contributed by atoms with E-state index < -0.39 is 0 Å². The van der Waals surface area contributed by atoms with Gasteiger partial charge < -0.3 is 14.6 Å². The summed E-state index contributed by atoms with van der Waals surface area (Å²) >= 11 is 5.98. The number of oxazole rings is 1. The quantitative estimate of drug-likeness (QED) is 0.782. The zero-order valence-corrected chi connectivity index (χ0v) is 13.2. The van der Waals surface area contributed by atoms with Gasteiger partial charge in [0.15, 0.2) is 5.58 Å². The molecule has 1 fully saturated rings. The van der Waals surface area contributed by atoms with Crippen LogP contribution >= 0.6 is 11.6 Å². The van der Waals surface area contributed by atoms with Gasteiger partial charge in [0, 0.05) is 35.5 Å². The maximum atomic E-state index is 5.98. The summed E-state index contributed by atoms with van der Waals surface area (Å²) in [5, 5.41) is 2.70. The number of rotatable bonds is 3. The van der Waals surface area contributed by atoms with E-state index in [1.165, 1.54) is 0 Å². The molecule has 0 aliphatic carbocycles. The molecule has 0 saturated carbocycles. The number of halogens is 1. The van der Waals surface area contributed by atoms with Crippen molar-refractivity contribution in [1.82, 2.24) is 9.99 Å². The van der Waals surface area contributed by atoms with Crippen molar-refractivity contribution in [3.8, 4) is 11.5 Å². The number of nitrogens with zero attached hydrogens (tertiary/aromatic N) is 2. The van der Waals surface area contributed by atoms with E-state index in [4.69, 9.17) is 20.8 Å². The third-order valence-corrected chi connectivity index (χ3v) is 3.97. The van der Waals surface area contributed by atoms with E-state index >= 15 is 0 Å². The summed E-state index contributed by atoms with van der Waals surface area (Å²) in [7, 11) is 0. The second kappa shape index (κ2) is 6.20. The van der Waals surface area contributed by atoms with Gasteiger partial charge in [0.25, 0.3) is 0 Å². The number of aromatic nitrogens is 1. The van der Waals surface area contributed by atoms with Gasteiger partial charge in [-0.2, -0.15) is 5.01 Å². The Bertz CT molecular complexity index is 810. The predicted octanol–water partition coefficient (Wildman–Crippen LogP) is 4.15. The predicted molar refractivity (Wildman–Crippen MR) is 90.2 cm³/mol. The highest BCUT2D eigenvalue weighted by molar-refractivity contribution is 6.31. The summed E-state index contributed by atoms with van der Waals surface area (Å²) in [6.07, 6.45) is 1.04. The monoisotopic (exact) mass is 329 g/mol. The first-order valence-corrected chi connectivity index (χ1v) is 7.92. The van der Waals surface area contributed by atoms with Crippen LogP contribution in [0.4, 0.5) is 5.69 Å². The Morgan fingerprint density at radius 1 is 1.13 bits per heavy atom. The van der Waals surface area contributed by atoms with Crippen molar-refractivity contribution in [3.05, 3.63) is 47.5 Å². The maximum Gasteiger partial charge on any atom is 0.227 e. The summed E-state index contributed by atoms with van der Waals surface area (Å²) in [6.45, 7) is 2.42. The van der Waals surface area contributed by atoms with E-state index in [-0.39, 0.29) is 0 Å². The smallest absolute Gasteiger partial charge is 0.227 e. The SMILES string of the molecule is Clc1ccc2nc(-c3ccc(NN4CCCOC4)cc3)oc2c1. The molecule has 0 spiro atoms. The minimum absolute atomic E-state index is 0.593. The lowest BCUT2D eigenvalue weighted by atomic mass is 10.2. The molecule has 6 heteroatoms. The molecule has 2 aromatic carbocycles. The fraction of sp³-hybridized carbons (Fsp3) is 0.235. The van der Waals surface area contributed by atoms with Crippen molar-refractivity contribution in [2.75, 3.05) is 25.3 Å². The molecular formula is C17H16ClN3O2. The Morgan fingerprint density at radius 3 is 2.78 bits per heavy atom. The molecule has 3 aromatic rings. The zero-order valence-electron chi connectivity index (χ0n) is 12.5. The molecule has 1 N–H and O–H groups in total. The second-order valence-corrected chi connectivity index (χ2v) is 5.91. The number of ether oxygens (including phenoxy) is 1. The summed E-state index contributed by atoms with van der Waals surface area (Å²) in [5.41, 5.74) is 6.77. The lowest BCUT2D eigenvalue weighted by Gasteiger charge is -2.27. The van der Waals surface area contributed by atoms with Crippen LogP contribution in [0.3, 0.4) is 0 Å². The van der Waals surface area contributed by atoms with Crippen LogP contribution < -0.4 is 5.43 Å². The molecule has 0 radical (unpaired) electrons. The number of hydrogen-bond donors (Lipinski definition) is 1. The van der Waals surface area contributed by atoms with Gasteiger partial charge in [-0.3, -0.25) is 0 Å². The fourth-order valence-corrected chi connectivity index (χ4v) is 2.74. The van der Waals surface area contributed by atoms with E-state index in [9.17, 15) is 0 Å². The summed E-state index contributed by atoms with van der Waals surface area (Å²) < 4.78 is 11.2. The standard InChI is InChI=1S/C17H16ClN3O2/c18-13-4-7-15-16(10-13)23-17(19-15)12-2-5-14(6-3-12)20-21-8-1-9-22-11-21/h2-7,10,20H,1,8-9,11H2. The minimum atomic E-state index is 0.593. The molecule has 0 bridgehead atoms. The minimum Gasteiger partial charge on any atom is -0.436 e. The van der Waals surface area contributed by atoms with Crippen molar-refractivity contribution in [2.45, 2.75) is 6.42 Å². The van der Waals surface area contributed by atoms with E-state index in [1.807, 2.05) is 36.4 Å². The molecule has 118 valence electrons. The number of hydrogen-bond acceptors (Lipinski definition) is 5. The van der Waals surface area contributed by atoms with Gasteiger partial charge in [-0.1, -0.05) is 11.6 Å². The van der Waals surface area contributed by atoms with Crippen LogP contribution in [-0.2, 0) is 4.74 Å². The van der Waals surface area contributed by atoms with Crippen molar-refractivity contribution >= 4 is 28.4 Å². The fourth-order valence-electron chi connectivity index (χ4n) is 2.58. The second-order valence-electron chi connectivity index (χ2n) is 5.47. The van der Waals surface area contributed by atoms with Crippen LogP contribution in [0.5, 0.6) is 0 Å². The number of anilines is 1. The van der Waals surface area contributed by atoms with Crippen LogP contribution in [0.25, 0.3) is 22.6 Å². The summed E-state index contributed by atoms with van der Waals surface area (Å²) in [5.74, 6) is 0.593. The van der Waals surface area contributed by atoms with Gasteiger partial charge in [-0.05, 0) is 42.8 Å². The molecule has 1 aromatic heterocycles. The Balaban J connectivity index is 1.54. The molecule has 4 rings (SSSR count). The van der Waals surface area contributed by atoms with Gasteiger partial charge >= 0.3 is 0 Å². The van der Waals surface area contributed by atoms with Crippen molar-refractivity contribution < 1.29 is 9.15 Å². The molecule has 0 amide bonds. The Morgan fingerprint density at radius 2 is 2.00 bits per heavy atom. The van der Waals surface area contributed by atoms with E-state index in [0.717, 1.165) is 36.3 Å². The Labute approximate surface area is 138 Å². The normalized spacial score (nSPS) is 15.9. The molecule has 0 unspecified atom stereocenters. The first kappa shape index (κ1) is 14.5. The summed E-state index contributed by atoms with van der Waals surface area (Å²) in [4.78, 5) is 4.49. The molecular weight excluding hydrogens is 314 g/mol. The molecule has 23 heavy (non-hydrogen) atoms. The number of fused-ring (bicyclic) bond motifs is 1. The third-order valence-electron chi connectivity index (χ3n) is 3.73. The number of nitrogens with one attached hydrogen (secondary N) is 1. The molecule has 1 aliphatic rings. The van der Waals surface area contributed by atoms with Gasteiger partial charge in [-0.25, -0.2) is 4.98 Å². The van der Waals surface area contributed by atoms with Crippen LogP contribution in [0.15, 0.2) is 46.9 Å². The number of hydrazine groups is 1. The van der Waals surface area contributed by atoms with Gasteiger partial charge in [0.2, 0.25) is 5.89 Å². The largest absolute Gasteiger partial charge is 0.436 e. The van der Waals surface area contributed by atoms with Gasteiger partial charge in [0.1, 0.15) is 12.2 Å². The molecule has 5 nitrogen and oxygen atoms in total. The van der Waals surface area contributed by atoms with Crippen LogP contribution in [0.1, 0.15) is 6.42 Å². The average Bonchev–Trinajstić information content (AvgIpc) is 2.99.